The zero-order valence-electron chi connectivity index (χ0n) is 38.2. The standard InChI is InChI=1S/C57H24B9N5O/c58-43-41-33-13-8-16-37-39(33)40-34(42(41)44(59)46(61)45(43)60)23-28(24-38(40)72-37)56-67-55(27-19-17-26(18-20-27)25-9-2-1-3-10-25)68-57(69-56)71-36-15-7-5-12-30(36)32-22-21-31-29-11-4-6-14-35(29)70(52(31)53(32)71)54-50(65)48(63)47(62)49(64)51(54)66/h1-24H. The third-order valence-electron chi connectivity index (χ3n) is 14.5. The first kappa shape index (κ1) is 42.8. The highest BCUT2D eigenvalue weighted by molar-refractivity contribution is 6.69. The van der Waals surface area contributed by atoms with Gasteiger partial charge in [0.05, 0.1) is 22.1 Å². The second kappa shape index (κ2) is 15.5. The second-order valence-electron chi connectivity index (χ2n) is 18.3. The SMILES string of the molecule is [B]c1c([B])c([B])c(-n2c3ccccc3c3ccc4c5ccccc5n(-c5nc(-c6ccc(-c7ccccc7)cc6)nc(-c6cc7oc8cccc9c%10c([B])c([B])c([B])c([B])c%10c(c6)c7c89)n5)c4c32)c([B])c1[B]. The van der Waals surface area contributed by atoms with Gasteiger partial charge in [-0.2, -0.15) is 9.97 Å². The fourth-order valence-corrected chi connectivity index (χ4v) is 11.1. The van der Waals surface area contributed by atoms with Crippen molar-refractivity contribution in [3.63, 3.8) is 0 Å². The van der Waals surface area contributed by atoms with E-state index >= 15 is 0 Å². The molecule has 72 heavy (non-hydrogen) atoms. The number of benzene rings is 10. The monoisotopic (exact) mass is 893 g/mol. The second-order valence-corrected chi connectivity index (χ2v) is 18.3. The molecule has 14 rings (SSSR count). The molecule has 0 aliphatic heterocycles. The molecule has 0 bridgehead atoms. The molecule has 0 spiro atoms. The molecule has 0 amide bonds. The molecule has 0 saturated carbocycles. The topological polar surface area (TPSA) is 61.7 Å². The Morgan fingerprint density at radius 3 is 1.46 bits per heavy atom. The van der Waals surface area contributed by atoms with Gasteiger partial charge in [-0.15, -0.1) is 27.3 Å². The summed E-state index contributed by atoms with van der Waals surface area (Å²) >= 11 is 0. The van der Waals surface area contributed by atoms with Gasteiger partial charge in [0.1, 0.15) is 81.8 Å². The molecule has 0 N–H and O–H groups in total. The van der Waals surface area contributed by atoms with Gasteiger partial charge in [0, 0.05) is 49.1 Å². The Hall–Kier alpha value is -8.03. The Morgan fingerprint density at radius 1 is 0.319 bits per heavy atom. The summed E-state index contributed by atoms with van der Waals surface area (Å²) in [6, 6.07) is 48.6. The first-order chi connectivity index (χ1) is 35.0. The molecule has 0 unspecified atom stereocenters. The Kier molecular flexibility index (Phi) is 9.21. The number of hydrogen-bond acceptors (Lipinski definition) is 4. The van der Waals surface area contributed by atoms with Gasteiger partial charge in [-0.25, -0.2) is 4.98 Å². The smallest absolute Gasteiger partial charge is 0.238 e. The van der Waals surface area contributed by atoms with E-state index in [1.165, 1.54) is 0 Å². The minimum atomic E-state index is 0.119. The van der Waals surface area contributed by atoms with Crippen molar-refractivity contribution >= 4 is 207 Å². The summed E-state index contributed by atoms with van der Waals surface area (Å²) in [5, 5.41) is 8.40. The van der Waals surface area contributed by atoms with Crippen LogP contribution in [0.5, 0.6) is 0 Å². The molecular weight excluding hydrogens is 868 g/mol. The molecule has 14 aromatic rings. The van der Waals surface area contributed by atoms with Crippen LogP contribution in [0.2, 0.25) is 0 Å². The molecule has 0 aliphatic rings. The van der Waals surface area contributed by atoms with Crippen molar-refractivity contribution in [1.29, 1.82) is 0 Å². The van der Waals surface area contributed by atoms with Crippen LogP contribution >= 0.6 is 0 Å². The van der Waals surface area contributed by atoms with Crippen LogP contribution in [0.15, 0.2) is 150 Å². The number of rotatable bonds is 5. The minimum Gasteiger partial charge on any atom is -0.456 e. The van der Waals surface area contributed by atoms with Gasteiger partial charge < -0.3 is 8.98 Å². The summed E-state index contributed by atoms with van der Waals surface area (Å²) < 4.78 is 10.8. The lowest BCUT2D eigenvalue weighted by Gasteiger charge is -2.23. The van der Waals surface area contributed by atoms with E-state index in [4.69, 9.17) is 90.0 Å². The molecule has 10 aromatic carbocycles. The molecule has 4 aromatic heterocycles. The largest absolute Gasteiger partial charge is 0.456 e. The van der Waals surface area contributed by atoms with Gasteiger partial charge in [0.25, 0.3) is 0 Å². The van der Waals surface area contributed by atoms with Crippen molar-refractivity contribution in [2.24, 2.45) is 0 Å². The van der Waals surface area contributed by atoms with Gasteiger partial charge in [0.2, 0.25) is 5.95 Å². The number of fused-ring (bicyclic) bond motifs is 10. The van der Waals surface area contributed by atoms with Crippen LogP contribution in [0.1, 0.15) is 0 Å². The lowest BCUT2D eigenvalue weighted by Crippen LogP contribution is -2.56. The molecule has 4 heterocycles. The van der Waals surface area contributed by atoms with E-state index in [1.807, 2.05) is 95.6 Å². The number of aromatic nitrogens is 5. The maximum Gasteiger partial charge on any atom is 0.238 e. The van der Waals surface area contributed by atoms with Crippen molar-refractivity contribution in [3.05, 3.63) is 146 Å². The molecule has 310 valence electrons. The maximum absolute atomic E-state index is 6.94. The van der Waals surface area contributed by atoms with E-state index < -0.39 is 0 Å². The van der Waals surface area contributed by atoms with E-state index in [1.54, 1.807) is 0 Å². The quantitative estimate of drug-likeness (QED) is 0.195. The van der Waals surface area contributed by atoms with E-state index in [2.05, 4.69) is 59.2 Å². The third kappa shape index (κ3) is 5.82. The van der Waals surface area contributed by atoms with Crippen molar-refractivity contribution in [2.45, 2.75) is 0 Å². The fourth-order valence-electron chi connectivity index (χ4n) is 11.1. The van der Waals surface area contributed by atoms with Crippen LogP contribution < -0.4 is 49.2 Å². The Bertz CT molecular complexity index is 4650. The zero-order valence-corrected chi connectivity index (χ0v) is 38.2. The highest BCUT2D eigenvalue weighted by Crippen LogP contribution is 2.44. The molecule has 15 heteroatoms. The fraction of sp³-hybridized carbons (Fsp3) is 0. The van der Waals surface area contributed by atoms with E-state index in [-0.39, 0.29) is 38.2 Å². The van der Waals surface area contributed by atoms with Gasteiger partial charge in [-0.1, -0.05) is 137 Å². The van der Waals surface area contributed by atoms with E-state index in [9.17, 15) is 0 Å². The summed E-state index contributed by atoms with van der Waals surface area (Å²) in [5.41, 5.74) is 10.2. The van der Waals surface area contributed by atoms with Crippen LogP contribution in [0.25, 0.3) is 133 Å². The molecule has 0 fully saturated rings. The summed E-state index contributed by atoms with van der Waals surface area (Å²) in [6.45, 7) is 0. The summed E-state index contributed by atoms with van der Waals surface area (Å²) in [5.74, 6) is 1.11. The van der Waals surface area contributed by atoms with Gasteiger partial charge in [-0.3, -0.25) is 4.57 Å². The summed E-state index contributed by atoms with van der Waals surface area (Å²) in [4.78, 5) is 16.1. The number of para-hydroxylation sites is 2. The average molecular weight is 892 g/mol. The average Bonchev–Trinajstić information content (AvgIpc) is 4.08. The number of furan rings is 1. The highest BCUT2D eigenvalue weighted by atomic mass is 16.3. The van der Waals surface area contributed by atoms with E-state index in [0.717, 1.165) is 81.8 Å². The Labute approximate surface area is 424 Å². The van der Waals surface area contributed by atoms with Gasteiger partial charge >= 0.3 is 0 Å². The lowest BCUT2D eigenvalue weighted by molar-refractivity contribution is 0.669. The molecule has 6 nitrogen and oxygen atoms in total. The zero-order chi connectivity index (χ0) is 49.0. The highest BCUT2D eigenvalue weighted by Gasteiger charge is 2.27. The van der Waals surface area contributed by atoms with Crippen LogP contribution in [-0.2, 0) is 0 Å². The van der Waals surface area contributed by atoms with Crippen molar-refractivity contribution in [1.82, 2.24) is 24.1 Å². The molecule has 0 aliphatic carbocycles. The Morgan fingerprint density at radius 2 is 0.806 bits per heavy atom. The predicted molar refractivity (Wildman–Crippen MR) is 307 cm³/mol. The maximum atomic E-state index is 6.94. The Balaban J connectivity index is 1.12. The van der Waals surface area contributed by atoms with Crippen LogP contribution in [0, 0.1) is 0 Å². The van der Waals surface area contributed by atoms with Crippen molar-refractivity contribution in [3.8, 4) is 45.5 Å². The molecular formula is C57H24B9N5O. The number of hydrogen-bond donors (Lipinski definition) is 0. The van der Waals surface area contributed by atoms with Gasteiger partial charge in [0.15, 0.2) is 11.6 Å². The summed E-state index contributed by atoms with van der Waals surface area (Å²) in [6.07, 6.45) is 0. The molecule has 18 radical (unpaired) electrons. The first-order valence-corrected chi connectivity index (χ1v) is 23.1. The predicted octanol–water partition coefficient (Wildman–Crippen LogP) is 3.85. The van der Waals surface area contributed by atoms with Crippen LogP contribution in [0.4, 0.5) is 0 Å². The normalized spacial score (nSPS) is 12.1. The first-order valence-electron chi connectivity index (χ1n) is 23.1. The summed E-state index contributed by atoms with van der Waals surface area (Å²) in [7, 11) is 60.3. The van der Waals surface area contributed by atoms with Crippen molar-refractivity contribution in [2.75, 3.05) is 0 Å². The van der Waals surface area contributed by atoms with Gasteiger partial charge in [-0.05, 0) is 63.0 Å². The van der Waals surface area contributed by atoms with Crippen LogP contribution in [0.3, 0.4) is 0 Å². The third-order valence-corrected chi connectivity index (χ3v) is 14.5. The lowest BCUT2D eigenvalue weighted by atomic mass is 9.61. The van der Waals surface area contributed by atoms with Crippen molar-refractivity contribution < 1.29 is 4.42 Å². The molecule has 0 atom stereocenters. The number of nitrogens with zero attached hydrogens (tertiary/aromatic N) is 5. The molecule has 0 saturated heterocycles. The van der Waals surface area contributed by atoms with Crippen LogP contribution in [-0.4, -0.2) is 94.7 Å². The van der Waals surface area contributed by atoms with E-state index in [0.29, 0.717) is 61.7 Å². The minimum absolute atomic E-state index is 0.119.